The second kappa shape index (κ2) is 7.08. The zero-order valence-electron chi connectivity index (χ0n) is 15.6. The average molecular weight is 372 g/mol. The Labute approximate surface area is 162 Å². The van der Waals surface area contributed by atoms with Gasteiger partial charge in [-0.05, 0) is 73.5 Å². The summed E-state index contributed by atoms with van der Waals surface area (Å²) in [4.78, 5) is 8.97. The standard InChI is InChI=1S/C22H20N4O2/c1-13-9-15(23)3-7-20(13)27-17-5-6-18-19(11-17)26-22(12-25-18)28-21-8-4-16(24)10-14(21)2/h3-12H,23-24H2,1-2H3. The third-order valence-electron chi connectivity index (χ3n) is 4.33. The summed E-state index contributed by atoms with van der Waals surface area (Å²) in [5, 5.41) is 0. The van der Waals surface area contributed by atoms with Crippen LogP contribution >= 0.6 is 0 Å². The molecular weight excluding hydrogens is 352 g/mol. The van der Waals surface area contributed by atoms with Gasteiger partial charge in [-0.1, -0.05) is 0 Å². The van der Waals surface area contributed by atoms with Gasteiger partial charge in [0, 0.05) is 17.4 Å². The van der Waals surface area contributed by atoms with E-state index in [0.717, 1.165) is 22.4 Å². The fraction of sp³-hybridized carbons (Fsp3) is 0.0909. The Morgan fingerprint density at radius 1 is 0.714 bits per heavy atom. The van der Waals surface area contributed by atoms with E-state index in [0.29, 0.717) is 34.3 Å². The number of aromatic nitrogens is 2. The van der Waals surface area contributed by atoms with Crippen molar-refractivity contribution in [1.82, 2.24) is 9.97 Å². The van der Waals surface area contributed by atoms with Crippen molar-refractivity contribution in [2.45, 2.75) is 13.8 Å². The van der Waals surface area contributed by atoms with Crippen LogP contribution < -0.4 is 20.9 Å². The number of rotatable bonds is 4. The lowest BCUT2D eigenvalue weighted by Gasteiger charge is -2.11. The third kappa shape index (κ3) is 3.66. The number of aryl methyl sites for hydroxylation is 2. The zero-order chi connectivity index (χ0) is 19.7. The molecule has 0 aliphatic rings. The van der Waals surface area contributed by atoms with Crippen molar-refractivity contribution in [2.24, 2.45) is 0 Å². The van der Waals surface area contributed by atoms with Crippen molar-refractivity contribution in [3.63, 3.8) is 0 Å². The van der Waals surface area contributed by atoms with Crippen LogP contribution in [0.3, 0.4) is 0 Å². The van der Waals surface area contributed by atoms with Crippen LogP contribution in [0.5, 0.6) is 23.1 Å². The molecule has 3 aromatic carbocycles. The van der Waals surface area contributed by atoms with Crippen molar-refractivity contribution in [2.75, 3.05) is 11.5 Å². The van der Waals surface area contributed by atoms with Crippen LogP contribution in [0.15, 0.2) is 60.8 Å². The minimum atomic E-state index is 0.404. The molecule has 0 unspecified atom stereocenters. The highest BCUT2D eigenvalue weighted by atomic mass is 16.5. The number of benzene rings is 3. The van der Waals surface area contributed by atoms with E-state index in [1.165, 1.54) is 0 Å². The van der Waals surface area contributed by atoms with Crippen LogP contribution in [0.4, 0.5) is 11.4 Å². The van der Waals surface area contributed by atoms with E-state index in [9.17, 15) is 0 Å². The molecule has 0 aliphatic heterocycles. The number of hydrogen-bond donors (Lipinski definition) is 2. The van der Waals surface area contributed by atoms with Gasteiger partial charge < -0.3 is 20.9 Å². The van der Waals surface area contributed by atoms with E-state index in [1.807, 2.05) is 62.4 Å². The lowest BCUT2D eigenvalue weighted by molar-refractivity contribution is 0.459. The van der Waals surface area contributed by atoms with Crippen LogP contribution in [-0.2, 0) is 0 Å². The first-order valence-corrected chi connectivity index (χ1v) is 8.83. The van der Waals surface area contributed by atoms with Gasteiger partial charge in [0.25, 0.3) is 0 Å². The summed E-state index contributed by atoms with van der Waals surface area (Å²) < 4.78 is 11.9. The maximum absolute atomic E-state index is 5.98. The van der Waals surface area contributed by atoms with Gasteiger partial charge in [-0.3, -0.25) is 0 Å². The monoisotopic (exact) mass is 372 g/mol. The summed E-state index contributed by atoms with van der Waals surface area (Å²) in [6.07, 6.45) is 1.60. The number of nitrogens with zero attached hydrogens (tertiary/aromatic N) is 2. The van der Waals surface area contributed by atoms with Gasteiger partial charge in [-0.2, -0.15) is 0 Å². The van der Waals surface area contributed by atoms with Gasteiger partial charge in [0.1, 0.15) is 17.2 Å². The normalized spacial score (nSPS) is 10.8. The van der Waals surface area contributed by atoms with Crippen LogP contribution in [0.2, 0.25) is 0 Å². The summed E-state index contributed by atoms with van der Waals surface area (Å²) >= 11 is 0. The van der Waals surface area contributed by atoms with Crippen molar-refractivity contribution < 1.29 is 9.47 Å². The van der Waals surface area contributed by atoms with Crippen LogP contribution in [0.1, 0.15) is 11.1 Å². The van der Waals surface area contributed by atoms with Crippen LogP contribution in [0, 0.1) is 13.8 Å². The lowest BCUT2D eigenvalue weighted by atomic mass is 10.2. The smallest absolute Gasteiger partial charge is 0.238 e. The van der Waals surface area contributed by atoms with Gasteiger partial charge >= 0.3 is 0 Å². The maximum atomic E-state index is 5.98. The number of nitrogen functional groups attached to an aromatic ring is 2. The highest BCUT2D eigenvalue weighted by molar-refractivity contribution is 5.76. The zero-order valence-corrected chi connectivity index (χ0v) is 15.6. The van der Waals surface area contributed by atoms with Crippen molar-refractivity contribution in [3.05, 3.63) is 71.9 Å². The van der Waals surface area contributed by atoms with Gasteiger partial charge in [-0.15, -0.1) is 0 Å². The highest BCUT2D eigenvalue weighted by Gasteiger charge is 2.08. The second-order valence-electron chi connectivity index (χ2n) is 6.61. The predicted octanol–water partition coefficient (Wildman–Crippen LogP) is 5.00. The summed E-state index contributed by atoms with van der Waals surface area (Å²) in [5.41, 5.74) is 16.3. The molecule has 4 aromatic rings. The topological polar surface area (TPSA) is 96.3 Å². The minimum absolute atomic E-state index is 0.404. The van der Waals surface area contributed by atoms with Gasteiger partial charge in [0.05, 0.1) is 17.2 Å². The average Bonchev–Trinajstić information content (AvgIpc) is 2.66. The number of hydrogen-bond acceptors (Lipinski definition) is 6. The first-order valence-electron chi connectivity index (χ1n) is 8.83. The largest absolute Gasteiger partial charge is 0.457 e. The molecule has 0 atom stereocenters. The Bertz CT molecular complexity index is 1090. The Morgan fingerprint density at radius 2 is 1.36 bits per heavy atom. The quantitative estimate of drug-likeness (QED) is 0.490. The summed E-state index contributed by atoms with van der Waals surface area (Å²) in [6, 6.07) is 16.5. The summed E-state index contributed by atoms with van der Waals surface area (Å²) in [5.74, 6) is 2.50. The number of nitrogens with two attached hydrogens (primary N) is 2. The fourth-order valence-electron chi connectivity index (χ4n) is 2.90. The highest BCUT2D eigenvalue weighted by Crippen LogP contribution is 2.30. The molecule has 140 valence electrons. The van der Waals surface area contributed by atoms with E-state index in [4.69, 9.17) is 20.9 Å². The molecule has 0 radical (unpaired) electrons. The Hall–Kier alpha value is -3.80. The Kier molecular flexibility index (Phi) is 4.45. The first kappa shape index (κ1) is 17.6. The molecule has 0 amide bonds. The van der Waals surface area contributed by atoms with Gasteiger partial charge in [-0.25, -0.2) is 9.97 Å². The van der Waals surface area contributed by atoms with Crippen molar-refractivity contribution in [1.29, 1.82) is 0 Å². The lowest BCUT2D eigenvalue weighted by Crippen LogP contribution is -1.95. The Morgan fingerprint density at radius 3 is 2.00 bits per heavy atom. The molecule has 0 bridgehead atoms. The Balaban J connectivity index is 1.63. The molecule has 6 heteroatoms. The SMILES string of the molecule is Cc1cc(N)ccc1Oc1ccc2ncc(Oc3ccc(N)cc3C)nc2c1. The first-order chi connectivity index (χ1) is 13.5. The fourth-order valence-corrected chi connectivity index (χ4v) is 2.90. The summed E-state index contributed by atoms with van der Waals surface area (Å²) in [7, 11) is 0. The molecule has 0 aliphatic carbocycles. The molecule has 4 rings (SSSR count). The number of fused-ring (bicyclic) bond motifs is 1. The van der Waals surface area contributed by atoms with Crippen LogP contribution in [-0.4, -0.2) is 9.97 Å². The molecule has 4 N–H and O–H groups in total. The van der Waals surface area contributed by atoms with E-state index < -0.39 is 0 Å². The van der Waals surface area contributed by atoms with Gasteiger partial charge in [0.15, 0.2) is 0 Å². The molecule has 0 fully saturated rings. The van der Waals surface area contributed by atoms with Crippen molar-refractivity contribution in [3.8, 4) is 23.1 Å². The van der Waals surface area contributed by atoms with E-state index >= 15 is 0 Å². The van der Waals surface area contributed by atoms with Crippen molar-refractivity contribution >= 4 is 22.4 Å². The molecule has 6 nitrogen and oxygen atoms in total. The van der Waals surface area contributed by atoms with E-state index in [-0.39, 0.29) is 0 Å². The molecule has 0 saturated heterocycles. The van der Waals surface area contributed by atoms with E-state index in [1.54, 1.807) is 12.3 Å². The van der Waals surface area contributed by atoms with Crippen LogP contribution in [0.25, 0.3) is 11.0 Å². The molecular formula is C22H20N4O2. The third-order valence-corrected chi connectivity index (χ3v) is 4.33. The van der Waals surface area contributed by atoms with E-state index in [2.05, 4.69) is 9.97 Å². The molecule has 0 spiro atoms. The minimum Gasteiger partial charge on any atom is -0.457 e. The second-order valence-corrected chi connectivity index (χ2v) is 6.61. The van der Waals surface area contributed by atoms with Gasteiger partial charge in [0.2, 0.25) is 5.88 Å². The molecule has 1 aromatic heterocycles. The maximum Gasteiger partial charge on any atom is 0.238 e. The summed E-state index contributed by atoms with van der Waals surface area (Å²) in [6.45, 7) is 3.88. The molecule has 0 saturated carbocycles. The predicted molar refractivity (Wildman–Crippen MR) is 111 cm³/mol. The number of anilines is 2. The molecule has 28 heavy (non-hydrogen) atoms. The number of ether oxygens (including phenoxy) is 2. The molecule has 1 heterocycles.